The van der Waals surface area contributed by atoms with E-state index in [1.54, 1.807) is 12.1 Å². The predicted molar refractivity (Wildman–Crippen MR) is 71.0 cm³/mol. The molecular formula is C14H20N2O2. The molecule has 0 amide bonds. The molecule has 2 atom stereocenters. The zero-order chi connectivity index (χ0) is 13.1. The van der Waals surface area contributed by atoms with Crippen LogP contribution in [0.3, 0.4) is 0 Å². The highest BCUT2D eigenvalue weighted by Crippen LogP contribution is 2.26. The Labute approximate surface area is 107 Å². The van der Waals surface area contributed by atoms with E-state index in [4.69, 9.17) is 5.11 Å². The van der Waals surface area contributed by atoms with E-state index >= 15 is 0 Å². The zero-order valence-electron chi connectivity index (χ0n) is 10.9. The van der Waals surface area contributed by atoms with Crippen LogP contribution in [0.4, 0.5) is 5.82 Å². The van der Waals surface area contributed by atoms with Crippen molar-refractivity contribution in [1.29, 1.82) is 0 Å². The lowest BCUT2D eigenvalue weighted by molar-refractivity contribution is 0.0696. The second-order valence-corrected chi connectivity index (χ2v) is 5.20. The number of hydrogen-bond acceptors (Lipinski definition) is 3. The second-order valence-electron chi connectivity index (χ2n) is 5.20. The van der Waals surface area contributed by atoms with Crippen molar-refractivity contribution in [2.24, 2.45) is 5.92 Å². The van der Waals surface area contributed by atoms with Crippen LogP contribution in [0, 0.1) is 12.8 Å². The van der Waals surface area contributed by atoms with Gasteiger partial charge in [0, 0.05) is 11.7 Å². The molecular weight excluding hydrogens is 228 g/mol. The van der Waals surface area contributed by atoms with Crippen LogP contribution in [0.5, 0.6) is 0 Å². The fourth-order valence-electron chi connectivity index (χ4n) is 2.59. The lowest BCUT2D eigenvalue weighted by Gasteiger charge is -2.30. The average Bonchev–Trinajstić information content (AvgIpc) is 2.31. The highest BCUT2D eigenvalue weighted by molar-refractivity contribution is 5.88. The maximum Gasteiger partial charge on any atom is 0.335 e. The van der Waals surface area contributed by atoms with Crippen molar-refractivity contribution in [3.63, 3.8) is 0 Å². The Bertz CT molecular complexity index is 445. The number of aromatic carboxylic acids is 1. The van der Waals surface area contributed by atoms with Gasteiger partial charge in [-0.05, 0) is 37.8 Å². The van der Waals surface area contributed by atoms with E-state index in [1.807, 2.05) is 6.92 Å². The third kappa shape index (κ3) is 3.00. The number of rotatable bonds is 3. The van der Waals surface area contributed by atoms with E-state index in [9.17, 15) is 4.79 Å². The maximum atomic E-state index is 11.0. The molecule has 0 aromatic carbocycles. The number of nitrogens with zero attached hydrogens (tertiary/aromatic N) is 1. The van der Waals surface area contributed by atoms with E-state index in [1.165, 1.54) is 19.3 Å². The Morgan fingerprint density at radius 1 is 1.39 bits per heavy atom. The first-order valence-corrected chi connectivity index (χ1v) is 6.55. The van der Waals surface area contributed by atoms with Gasteiger partial charge in [0.2, 0.25) is 0 Å². The first-order valence-electron chi connectivity index (χ1n) is 6.55. The number of pyridine rings is 1. The number of hydrogen-bond donors (Lipinski definition) is 2. The summed E-state index contributed by atoms with van der Waals surface area (Å²) in [6.07, 6.45) is 4.90. The molecule has 0 aliphatic heterocycles. The van der Waals surface area contributed by atoms with Crippen molar-refractivity contribution in [3.05, 3.63) is 23.4 Å². The van der Waals surface area contributed by atoms with Crippen LogP contribution in [0.2, 0.25) is 0 Å². The van der Waals surface area contributed by atoms with Crippen LogP contribution in [0.1, 0.15) is 48.7 Å². The number of aryl methyl sites for hydroxylation is 1. The molecule has 1 aromatic rings. The molecule has 0 spiro atoms. The highest BCUT2D eigenvalue weighted by Gasteiger charge is 2.21. The Hall–Kier alpha value is -1.58. The van der Waals surface area contributed by atoms with E-state index in [0.717, 1.165) is 12.1 Å². The third-order valence-corrected chi connectivity index (χ3v) is 3.65. The minimum atomic E-state index is -0.903. The maximum absolute atomic E-state index is 11.0. The summed E-state index contributed by atoms with van der Waals surface area (Å²) < 4.78 is 0. The van der Waals surface area contributed by atoms with Gasteiger partial charge in [0.1, 0.15) is 5.82 Å². The number of nitrogens with one attached hydrogen (secondary N) is 1. The van der Waals surface area contributed by atoms with Crippen molar-refractivity contribution in [2.45, 2.75) is 45.6 Å². The Morgan fingerprint density at radius 2 is 2.11 bits per heavy atom. The summed E-state index contributed by atoms with van der Waals surface area (Å²) in [6.45, 7) is 4.06. The van der Waals surface area contributed by atoms with Gasteiger partial charge in [-0.2, -0.15) is 0 Å². The molecule has 1 heterocycles. The smallest absolute Gasteiger partial charge is 0.335 e. The van der Waals surface area contributed by atoms with Gasteiger partial charge >= 0.3 is 5.97 Å². The Kier molecular flexibility index (Phi) is 3.84. The van der Waals surface area contributed by atoms with Gasteiger partial charge in [-0.3, -0.25) is 0 Å². The van der Waals surface area contributed by atoms with Crippen molar-refractivity contribution in [1.82, 2.24) is 4.98 Å². The molecule has 1 aromatic heterocycles. The summed E-state index contributed by atoms with van der Waals surface area (Å²) in [6, 6.07) is 3.63. The van der Waals surface area contributed by atoms with E-state index in [0.29, 0.717) is 23.3 Å². The first-order chi connectivity index (χ1) is 8.56. The lowest BCUT2D eigenvalue weighted by atomic mass is 9.86. The lowest BCUT2D eigenvalue weighted by Crippen LogP contribution is -2.30. The van der Waals surface area contributed by atoms with E-state index in [-0.39, 0.29) is 0 Å². The second kappa shape index (κ2) is 5.38. The Balaban J connectivity index is 2.15. The molecule has 1 fully saturated rings. The van der Waals surface area contributed by atoms with Gasteiger partial charge in [-0.25, -0.2) is 9.78 Å². The topological polar surface area (TPSA) is 62.2 Å². The van der Waals surface area contributed by atoms with Crippen LogP contribution in [-0.4, -0.2) is 22.1 Å². The molecule has 98 valence electrons. The Morgan fingerprint density at radius 3 is 2.78 bits per heavy atom. The summed E-state index contributed by atoms with van der Waals surface area (Å²) in [5.74, 6) is 0.403. The van der Waals surface area contributed by atoms with Crippen molar-refractivity contribution in [3.8, 4) is 0 Å². The fourth-order valence-corrected chi connectivity index (χ4v) is 2.59. The van der Waals surface area contributed by atoms with Crippen molar-refractivity contribution in [2.75, 3.05) is 5.32 Å². The molecule has 4 nitrogen and oxygen atoms in total. The number of aromatic nitrogens is 1. The van der Waals surface area contributed by atoms with Crippen LogP contribution < -0.4 is 5.32 Å². The molecule has 0 saturated heterocycles. The SMILES string of the molecule is Cc1cc(C(=O)O)cc(NC2CCCCC2C)n1. The highest BCUT2D eigenvalue weighted by atomic mass is 16.4. The summed E-state index contributed by atoms with van der Waals surface area (Å²) in [5.41, 5.74) is 1.04. The summed E-state index contributed by atoms with van der Waals surface area (Å²) in [4.78, 5) is 15.4. The summed E-state index contributed by atoms with van der Waals surface area (Å²) in [7, 11) is 0. The molecule has 2 unspecified atom stereocenters. The molecule has 2 N–H and O–H groups in total. The molecule has 1 aliphatic rings. The minimum absolute atomic E-state index is 0.300. The van der Waals surface area contributed by atoms with E-state index in [2.05, 4.69) is 17.2 Å². The zero-order valence-corrected chi connectivity index (χ0v) is 10.9. The standard InChI is InChI=1S/C14H20N2O2/c1-9-5-3-4-6-12(9)16-13-8-11(14(17)18)7-10(2)15-13/h7-9,12H,3-6H2,1-2H3,(H,15,16)(H,17,18). The summed E-state index contributed by atoms with van der Waals surface area (Å²) in [5, 5.41) is 12.4. The van der Waals surface area contributed by atoms with Gasteiger partial charge in [0.05, 0.1) is 5.56 Å². The number of carbonyl (C=O) groups is 1. The normalized spacial score (nSPS) is 23.7. The molecule has 2 rings (SSSR count). The van der Waals surface area contributed by atoms with Gasteiger partial charge < -0.3 is 10.4 Å². The largest absolute Gasteiger partial charge is 0.478 e. The van der Waals surface area contributed by atoms with Gasteiger partial charge in [0.25, 0.3) is 0 Å². The molecule has 1 saturated carbocycles. The predicted octanol–water partition coefficient (Wildman–Crippen LogP) is 3.08. The van der Waals surface area contributed by atoms with Crippen molar-refractivity contribution < 1.29 is 9.90 Å². The van der Waals surface area contributed by atoms with Gasteiger partial charge in [-0.1, -0.05) is 19.8 Å². The molecule has 4 heteroatoms. The van der Waals surface area contributed by atoms with Gasteiger partial charge in [-0.15, -0.1) is 0 Å². The minimum Gasteiger partial charge on any atom is -0.478 e. The molecule has 18 heavy (non-hydrogen) atoms. The first kappa shape index (κ1) is 12.9. The van der Waals surface area contributed by atoms with Crippen LogP contribution in [0.25, 0.3) is 0 Å². The number of carboxylic acid groups (broad SMARTS) is 1. The monoisotopic (exact) mass is 248 g/mol. The fraction of sp³-hybridized carbons (Fsp3) is 0.571. The third-order valence-electron chi connectivity index (χ3n) is 3.65. The van der Waals surface area contributed by atoms with Crippen LogP contribution >= 0.6 is 0 Å². The molecule has 0 radical (unpaired) electrons. The van der Waals surface area contributed by atoms with E-state index < -0.39 is 5.97 Å². The molecule has 0 bridgehead atoms. The number of anilines is 1. The quantitative estimate of drug-likeness (QED) is 0.863. The average molecular weight is 248 g/mol. The van der Waals surface area contributed by atoms with Crippen molar-refractivity contribution >= 4 is 11.8 Å². The number of carboxylic acids is 1. The van der Waals surface area contributed by atoms with Crippen LogP contribution in [0.15, 0.2) is 12.1 Å². The summed E-state index contributed by atoms with van der Waals surface area (Å²) >= 11 is 0. The molecule has 1 aliphatic carbocycles. The van der Waals surface area contributed by atoms with Gasteiger partial charge in [0.15, 0.2) is 0 Å². The van der Waals surface area contributed by atoms with Crippen LogP contribution in [-0.2, 0) is 0 Å².